The average molecular weight is 596 g/mol. The first kappa shape index (κ1) is 24.8. The number of rotatable bonds is 4. The van der Waals surface area contributed by atoms with E-state index >= 15 is 0 Å². The van der Waals surface area contributed by atoms with Crippen molar-refractivity contribution in [3.05, 3.63) is 128 Å². The van der Waals surface area contributed by atoms with E-state index in [0.717, 1.165) is 9.20 Å². The van der Waals surface area contributed by atoms with Gasteiger partial charge in [0.15, 0.2) is 11.2 Å². The van der Waals surface area contributed by atoms with Crippen molar-refractivity contribution >= 4 is 33.5 Å². The highest BCUT2D eigenvalue weighted by Crippen LogP contribution is 2.68. The van der Waals surface area contributed by atoms with Gasteiger partial charge in [-0.1, -0.05) is 76.1 Å². The fourth-order valence-corrected chi connectivity index (χ4v) is 6.15. The molecule has 1 fully saturated rings. The first-order chi connectivity index (χ1) is 18.3. The second-order valence-corrected chi connectivity index (χ2v) is 10.6. The third-order valence-electron chi connectivity index (χ3n) is 7.26. The Morgan fingerprint density at radius 3 is 2.50 bits per heavy atom. The molecule has 8 nitrogen and oxygen atoms in total. The van der Waals surface area contributed by atoms with Gasteiger partial charge in [0.1, 0.15) is 17.5 Å². The molecule has 3 heterocycles. The van der Waals surface area contributed by atoms with Crippen molar-refractivity contribution in [3.63, 3.8) is 0 Å². The van der Waals surface area contributed by atoms with Crippen LogP contribution in [0.3, 0.4) is 0 Å². The molecule has 1 saturated carbocycles. The molecular formula is C28H20BrClN2O6. The monoisotopic (exact) mass is 594 g/mol. The predicted octanol–water partition coefficient (Wildman–Crippen LogP) is 3.56. The molecule has 2 N–H and O–H groups in total. The van der Waals surface area contributed by atoms with Gasteiger partial charge in [0, 0.05) is 34.9 Å². The molecule has 6 rings (SSSR count). The van der Waals surface area contributed by atoms with Crippen LogP contribution in [0.2, 0.25) is 5.02 Å². The molecule has 0 spiro atoms. The van der Waals surface area contributed by atoms with Crippen molar-refractivity contribution in [1.29, 1.82) is 0 Å². The number of carbonyl (C=O) groups is 1. The lowest BCUT2D eigenvalue weighted by Gasteiger charge is -2.40. The minimum Gasteiger partial charge on any atom is -0.476 e. The summed E-state index contributed by atoms with van der Waals surface area (Å²) in [5.74, 6) is -3.05. The van der Waals surface area contributed by atoms with Gasteiger partial charge in [0.05, 0.1) is 10.9 Å². The molecule has 1 aliphatic heterocycles. The first-order valence-electron chi connectivity index (χ1n) is 11.7. The summed E-state index contributed by atoms with van der Waals surface area (Å²) in [6, 6.07) is 21.8. The maximum absolute atomic E-state index is 13.8. The highest BCUT2D eigenvalue weighted by Gasteiger charge is 2.78. The summed E-state index contributed by atoms with van der Waals surface area (Å²) in [4.78, 5) is 35.9. The summed E-state index contributed by atoms with van der Waals surface area (Å²) in [6.07, 6.45) is 0.908. The van der Waals surface area contributed by atoms with Crippen LogP contribution in [-0.2, 0) is 16.0 Å². The van der Waals surface area contributed by atoms with Crippen LogP contribution in [0.25, 0.3) is 0 Å². The number of hydrogen-bond acceptors (Lipinski definition) is 7. The summed E-state index contributed by atoms with van der Waals surface area (Å²) in [5, 5.41) is 24.7. The first-order valence-corrected chi connectivity index (χ1v) is 12.9. The summed E-state index contributed by atoms with van der Waals surface area (Å²) in [6.45, 7) is 0. The quantitative estimate of drug-likeness (QED) is 0.371. The van der Waals surface area contributed by atoms with Crippen molar-refractivity contribution in [1.82, 2.24) is 9.71 Å². The van der Waals surface area contributed by atoms with Gasteiger partial charge in [-0.15, -0.1) is 4.73 Å². The van der Waals surface area contributed by atoms with Crippen molar-refractivity contribution in [2.45, 2.75) is 23.2 Å². The lowest BCUT2D eigenvalue weighted by molar-refractivity contribution is -0.164. The maximum atomic E-state index is 13.8. The minimum absolute atomic E-state index is 0.0467. The zero-order valence-electron chi connectivity index (χ0n) is 19.6. The average Bonchev–Trinajstić information content (AvgIpc) is 3.28. The smallest absolute Gasteiger partial charge is 0.339 e. The van der Waals surface area contributed by atoms with Gasteiger partial charge in [0.2, 0.25) is 0 Å². The Bertz CT molecular complexity index is 1600. The van der Waals surface area contributed by atoms with Crippen LogP contribution in [0.5, 0.6) is 5.75 Å². The molecule has 10 heteroatoms. The molecule has 4 aromatic rings. The van der Waals surface area contributed by atoms with E-state index in [1.165, 1.54) is 36.7 Å². The topological polar surface area (TPSA) is 111 Å². The van der Waals surface area contributed by atoms with Crippen molar-refractivity contribution in [2.75, 3.05) is 0 Å². The third kappa shape index (κ3) is 3.46. The van der Waals surface area contributed by atoms with E-state index in [0.29, 0.717) is 11.1 Å². The Hall–Kier alpha value is -3.50. The fraction of sp³-hybridized carbons (Fsp3) is 0.179. The standard InChI is InChI=1S/C28H20BrClN2O6/c29-18-11-9-17(10-12-18)28-23(16-6-2-1-3-7-16)22(26(35)38-32-13-5-4-8-21(32)33)25(34)27(28,36)24-20(37-28)14-19(30)15-31-24/h1-15,22-23,25,34,36H/t22-,23-,25-,27+,28+/m1/s1. The summed E-state index contributed by atoms with van der Waals surface area (Å²) in [7, 11) is 0. The van der Waals surface area contributed by atoms with E-state index in [1.54, 1.807) is 48.5 Å². The molecule has 2 aromatic heterocycles. The lowest BCUT2D eigenvalue weighted by Crippen LogP contribution is -2.52. The van der Waals surface area contributed by atoms with Gasteiger partial charge in [-0.05, 0) is 29.3 Å². The van der Waals surface area contributed by atoms with Crippen LogP contribution < -0.4 is 15.1 Å². The van der Waals surface area contributed by atoms with Gasteiger partial charge < -0.3 is 19.8 Å². The molecule has 0 bridgehead atoms. The second-order valence-electron chi connectivity index (χ2n) is 9.25. The lowest BCUT2D eigenvalue weighted by atomic mass is 9.71. The number of aliphatic hydroxyl groups is 2. The maximum Gasteiger partial charge on any atom is 0.339 e. The molecule has 192 valence electrons. The van der Waals surface area contributed by atoms with Gasteiger partial charge in [-0.25, -0.2) is 4.79 Å². The number of benzene rings is 2. The van der Waals surface area contributed by atoms with E-state index in [-0.39, 0.29) is 16.5 Å². The van der Waals surface area contributed by atoms with Gasteiger partial charge >= 0.3 is 5.97 Å². The number of aromatic nitrogens is 2. The van der Waals surface area contributed by atoms with Crippen molar-refractivity contribution < 1.29 is 24.6 Å². The Morgan fingerprint density at radius 1 is 1.08 bits per heavy atom. The number of hydrogen-bond donors (Lipinski definition) is 2. The Kier molecular flexibility index (Phi) is 5.92. The molecule has 0 radical (unpaired) electrons. The summed E-state index contributed by atoms with van der Waals surface area (Å²) < 4.78 is 8.14. The number of halogens is 2. The number of nitrogens with zero attached hydrogens (tertiary/aromatic N) is 2. The molecule has 0 unspecified atom stereocenters. The van der Waals surface area contributed by atoms with Crippen LogP contribution in [0.15, 0.2) is 101 Å². The zero-order valence-corrected chi connectivity index (χ0v) is 21.9. The Balaban J connectivity index is 1.61. The molecule has 2 aliphatic rings. The number of ether oxygens (including phenoxy) is 1. The van der Waals surface area contributed by atoms with Gasteiger partial charge in [0.25, 0.3) is 5.56 Å². The normalized spacial score (nSPS) is 27.3. The molecule has 38 heavy (non-hydrogen) atoms. The highest BCUT2D eigenvalue weighted by molar-refractivity contribution is 9.10. The largest absolute Gasteiger partial charge is 0.476 e. The summed E-state index contributed by atoms with van der Waals surface area (Å²) >= 11 is 9.65. The van der Waals surface area contributed by atoms with Crippen LogP contribution in [-0.4, -0.2) is 32.0 Å². The fourth-order valence-electron chi connectivity index (χ4n) is 5.74. The van der Waals surface area contributed by atoms with E-state index in [9.17, 15) is 19.8 Å². The second kappa shape index (κ2) is 9.06. The molecular weight excluding hydrogens is 576 g/mol. The number of carbonyl (C=O) groups excluding carboxylic acids is 1. The van der Waals surface area contributed by atoms with E-state index in [4.69, 9.17) is 21.2 Å². The highest BCUT2D eigenvalue weighted by atomic mass is 79.9. The number of aliphatic hydroxyl groups excluding tert-OH is 1. The Morgan fingerprint density at radius 2 is 1.79 bits per heavy atom. The van der Waals surface area contributed by atoms with Gasteiger partial charge in [-0.2, -0.15) is 0 Å². The Labute approximate surface area is 230 Å². The van der Waals surface area contributed by atoms with Crippen molar-refractivity contribution in [2.24, 2.45) is 5.92 Å². The van der Waals surface area contributed by atoms with Crippen LogP contribution in [0.1, 0.15) is 22.7 Å². The number of fused-ring (bicyclic) bond motifs is 3. The molecule has 0 amide bonds. The molecule has 2 aromatic carbocycles. The summed E-state index contributed by atoms with van der Waals surface area (Å²) in [5.41, 5.74) is -3.31. The third-order valence-corrected chi connectivity index (χ3v) is 8.00. The molecule has 5 atom stereocenters. The molecule has 0 saturated heterocycles. The SMILES string of the molecule is O=C(On1ccccc1=O)[C@H]1[C@@H](O)[C@@]2(O)c3ncc(Cl)cc3O[C@@]2(c2ccc(Br)cc2)[C@@H]1c1ccccc1. The van der Waals surface area contributed by atoms with E-state index in [2.05, 4.69) is 20.9 Å². The molecule has 1 aliphatic carbocycles. The minimum atomic E-state index is -2.19. The van der Waals surface area contributed by atoms with Crippen LogP contribution >= 0.6 is 27.5 Å². The zero-order chi connectivity index (χ0) is 26.7. The van der Waals surface area contributed by atoms with Crippen LogP contribution in [0.4, 0.5) is 0 Å². The van der Waals surface area contributed by atoms with Gasteiger partial charge in [-0.3, -0.25) is 9.78 Å². The van der Waals surface area contributed by atoms with Crippen LogP contribution in [0, 0.1) is 5.92 Å². The number of pyridine rings is 2. The predicted molar refractivity (Wildman–Crippen MR) is 141 cm³/mol. The van der Waals surface area contributed by atoms with Crippen molar-refractivity contribution in [3.8, 4) is 5.75 Å². The van der Waals surface area contributed by atoms with E-state index < -0.39 is 40.7 Å². The van der Waals surface area contributed by atoms with E-state index in [1.807, 2.05) is 6.07 Å².